The van der Waals surface area contributed by atoms with Gasteiger partial charge in [-0.15, -0.1) is 0 Å². The van der Waals surface area contributed by atoms with Crippen LogP contribution in [0.4, 0.5) is 16.2 Å². The fourth-order valence-corrected chi connectivity index (χ4v) is 4.59. The summed E-state index contributed by atoms with van der Waals surface area (Å²) in [5, 5.41) is 6.02. The zero-order valence-corrected chi connectivity index (χ0v) is 23.1. The number of benzene rings is 2. The smallest absolute Gasteiger partial charge is 0.307 e. The van der Waals surface area contributed by atoms with Gasteiger partial charge in [-0.05, 0) is 78.1 Å². The number of amides is 2. The minimum atomic E-state index is -0.400. The standard InChI is InChI=1S/C29H36BrN3O2/c1-7-8-10-25-20(6)17-33(22-15-13-21(30)14-16-22)28(34)27(25)32-29(35)31-26-23(18(2)3)11-9-12-24(26)19(4)5/h9,11-19H,7-8,10H2,1-6H3,(H2,31,32,35). The molecule has 0 saturated carbocycles. The van der Waals surface area contributed by atoms with Crippen LogP contribution in [0.25, 0.3) is 5.69 Å². The van der Waals surface area contributed by atoms with Gasteiger partial charge in [0, 0.05) is 22.0 Å². The zero-order valence-electron chi connectivity index (χ0n) is 21.5. The Bertz CT molecular complexity index is 1220. The molecule has 5 nitrogen and oxygen atoms in total. The lowest BCUT2D eigenvalue weighted by Crippen LogP contribution is -2.30. The highest BCUT2D eigenvalue weighted by atomic mass is 79.9. The maximum atomic E-state index is 13.6. The van der Waals surface area contributed by atoms with E-state index in [1.54, 1.807) is 4.57 Å². The van der Waals surface area contributed by atoms with Crippen LogP contribution in [0.3, 0.4) is 0 Å². The van der Waals surface area contributed by atoms with Crippen molar-refractivity contribution in [2.24, 2.45) is 0 Å². The Labute approximate surface area is 217 Å². The molecule has 2 aromatic carbocycles. The van der Waals surface area contributed by atoms with Crippen LogP contribution in [-0.4, -0.2) is 10.6 Å². The Morgan fingerprint density at radius 3 is 2.06 bits per heavy atom. The molecule has 0 spiro atoms. The van der Waals surface area contributed by atoms with E-state index in [1.807, 2.05) is 55.6 Å². The normalized spacial score (nSPS) is 11.2. The minimum Gasteiger partial charge on any atom is -0.307 e. The summed E-state index contributed by atoms with van der Waals surface area (Å²) < 4.78 is 2.54. The number of urea groups is 1. The van der Waals surface area contributed by atoms with Crippen LogP contribution in [0.5, 0.6) is 0 Å². The average molecular weight is 539 g/mol. The van der Waals surface area contributed by atoms with Gasteiger partial charge in [0.15, 0.2) is 0 Å². The van der Waals surface area contributed by atoms with E-state index in [2.05, 4.69) is 61.2 Å². The molecule has 2 amide bonds. The van der Waals surface area contributed by atoms with Crippen LogP contribution >= 0.6 is 15.9 Å². The summed E-state index contributed by atoms with van der Waals surface area (Å²) in [7, 11) is 0. The van der Waals surface area contributed by atoms with Gasteiger partial charge < -0.3 is 10.6 Å². The third-order valence-corrected chi connectivity index (χ3v) is 6.80. The summed E-state index contributed by atoms with van der Waals surface area (Å²) in [6.45, 7) is 12.6. The molecule has 0 aliphatic carbocycles. The Kier molecular flexibility index (Phi) is 8.95. The summed E-state index contributed by atoms with van der Waals surface area (Å²) in [6.07, 6.45) is 4.53. The van der Waals surface area contributed by atoms with Gasteiger partial charge in [-0.2, -0.15) is 0 Å². The van der Waals surface area contributed by atoms with Crippen molar-refractivity contribution < 1.29 is 4.79 Å². The fourth-order valence-electron chi connectivity index (χ4n) is 4.33. The van der Waals surface area contributed by atoms with Crippen molar-refractivity contribution in [3.63, 3.8) is 0 Å². The van der Waals surface area contributed by atoms with Crippen molar-refractivity contribution in [3.8, 4) is 5.69 Å². The Morgan fingerprint density at radius 2 is 1.51 bits per heavy atom. The molecule has 3 rings (SSSR count). The molecule has 0 saturated heterocycles. The predicted octanol–water partition coefficient (Wildman–Crippen LogP) is 8.14. The Balaban J connectivity index is 2.05. The number of aryl methyl sites for hydroxylation is 1. The van der Waals surface area contributed by atoms with Crippen LogP contribution in [0.15, 0.2) is 57.9 Å². The van der Waals surface area contributed by atoms with E-state index in [9.17, 15) is 9.59 Å². The average Bonchev–Trinajstić information content (AvgIpc) is 2.81. The molecule has 0 unspecified atom stereocenters. The third-order valence-electron chi connectivity index (χ3n) is 6.27. The summed E-state index contributed by atoms with van der Waals surface area (Å²) >= 11 is 3.45. The number of rotatable bonds is 8. The molecule has 186 valence electrons. The van der Waals surface area contributed by atoms with Crippen molar-refractivity contribution in [2.75, 3.05) is 10.6 Å². The first kappa shape index (κ1) is 26.7. The molecule has 1 heterocycles. The van der Waals surface area contributed by atoms with Gasteiger partial charge in [-0.1, -0.05) is 75.2 Å². The highest BCUT2D eigenvalue weighted by Gasteiger charge is 2.20. The highest BCUT2D eigenvalue weighted by Crippen LogP contribution is 2.32. The van der Waals surface area contributed by atoms with Crippen LogP contribution in [-0.2, 0) is 6.42 Å². The molecule has 6 heteroatoms. The van der Waals surface area contributed by atoms with E-state index in [0.717, 1.165) is 57.4 Å². The van der Waals surface area contributed by atoms with Crippen molar-refractivity contribution >= 4 is 33.3 Å². The van der Waals surface area contributed by atoms with Gasteiger partial charge in [0.1, 0.15) is 5.69 Å². The number of carbonyl (C=O) groups excluding carboxylic acids is 1. The lowest BCUT2D eigenvalue weighted by atomic mass is 9.93. The van der Waals surface area contributed by atoms with Gasteiger partial charge in [0.25, 0.3) is 5.56 Å². The number of aromatic nitrogens is 1. The predicted molar refractivity (Wildman–Crippen MR) is 150 cm³/mol. The van der Waals surface area contributed by atoms with E-state index < -0.39 is 6.03 Å². The van der Waals surface area contributed by atoms with E-state index in [4.69, 9.17) is 0 Å². The number of hydrogen-bond donors (Lipinski definition) is 2. The first-order valence-electron chi connectivity index (χ1n) is 12.4. The van der Waals surface area contributed by atoms with Crippen molar-refractivity contribution in [1.29, 1.82) is 0 Å². The maximum Gasteiger partial charge on any atom is 0.323 e. The molecule has 0 aliphatic rings. The Morgan fingerprint density at radius 1 is 0.943 bits per heavy atom. The van der Waals surface area contributed by atoms with Crippen molar-refractivity contribution in [2.45, 2.75) is 72.6 Å². The fraction of sp³-hybridized carbons (Fsp3) is 0.379. The van der Waals surface area contributed by atoms with E-state index in [-0.39, 0.29) is 17.4 Å². The molecule has 0 bridgehead atoms. The topological polar surface area (TPSA) is 63.1 Å². The van der Waals surface area contributed by atoms with Gasteiger partial charge >= 0.3 is 6.03 Å². The third kappa shape index (κ3) is 6.23. The quantitative estimate of drug-likeness (QED) is 0.304. The summed E-state index contributed by atoms with van der Waals surface area (Å²) in [5.41, 5.74) is 5.70. The van der Waals surface area contributed by atoms with Crippen molar-refractivity contribution in [3.05, 3.63) is 85.7 Å². The first-order chi connectivity index (χ1) is 16.6. The first-order valence-corrected chi connectivity index (χ1v) is 13.1. The molecule has 1 aromatic heterocycles. The molecular weight excluding hydrogens is 502 g/mol. The van der Waals surface area contributed by atoms with Gasteiger partial charge in [-0.3, -0.25) is 9.36 Å². The van der Waals surface area contributed by atoms with Gasteiger partial charge in [0.05, 0.1) is 0 Å². The second-order valence-corrected chi connectivity index (χ2v) is 10.5. The number of para-hydroxylation sites is 1. The minimum absolute atomic E-state index is 0.236. The number of pyridine rings is 1. The van der Waals surface area contributed by atoms with Crippen LogP contribution in [0.1, 0.15) is 81.5 Å². The zero-order chi connectivity index (χ0) is 25.7. The second-order valence-electron chi connectivity index (χ2n) is 9.62. The molecule has 0 atom stereocenters. The number of anilines is 2. The number of nitrogens with zero attached hydrogens (tertiary/aromatic N) is 1. The van der Waals surface area contributed by atoms with Gasteiger partial charge in [-0.25, -0.2) is 4.79 Å². The summed E-state index contributed by atoms with van der Waals surface area (Å²) in [4.78, 5) is 27.0. The van der Waals surface area contributed by atoms with Crippen LogP contribution in [0, 0.1) is 6.92 Å². The van der Waals surface area contributed by atoms with Gasteiger partial charge in [0.2, 0.25) is 0 Å². The van der Waals surface area contributed by atoms with E-state index >= 15 is 0 Å². The van der Waals surface area contributed by atoms with Crippen LogP contribution < -0.4 is 16.2 Å². The largest absolute Gasteiger partial charge is 0.323 e. The highest BCUT2D eigenvalue weighted by molar-refractivity contribution is 9.10. The maximum absolute atomic E-state index is 13.6. The second kappa shape index (κ2) is 11.7. The Hall–Kier alpha value is -2.86. The molecule has 2 N–H and O–H groups in total. The monoisotopic (exact) mass is 537 g/mol. The van der Waals surface area contributed by atoms with Crippen LogP contribution in [0.2, 0.25) is 0 Å². The number of halogens is 1. The molecular formula is C29H36BrN3O2. The molecule has 35 heavy (non-hydrogen) atoms. The molecule has 0 radical (unpaired) electrons. The number of carbonyl (C=O) groups is 1. The lowest BCUT2D eigenvalue weighted by molar-refractivity contribution is 0.262. The molecule has 0 fully saturated rings. The van der Waals surface area contributed by atoms with E-state index in [0.29, 0.717) is 5.69 Å². The number of nitrogens with one attached hydrogen (secondary N) is 2. The summed E-state index contributed by atoms with van der Waals surface area (Å²) in [6, 6.07) is 13.3. The van der Waals surface area contributed by atoms with E-state index in [1.165, 1.54) is 0 Å². The summed E-state index contributed by atoms with van der Waals surface area (Å²) in [5.74, 6) is 0.496. The molecule has 0 aliphatic heterocycles. The lowest BCUT2D eigenvalue weighted by Gasteiger charge is -2.21. The number of hydrogen-bond acceptors (Lipinski definition) is 2. The SMILES string of the molecule is CCCCc1c(C)cn(-c2ccc(Br)cc2)c(=O)c1NC(=O)Nc1c(C(C)C)cccc1C(C)C. The van der Waals surface area contributed by atoms with Crippen molar-refractivity contribution in [1.82, 2.24) is 4.57 Å². The number of unbranched alkanes of at least 4 members (excludes halogenated alkanes) is 1. The molecule has 3 aromatic rings.